The molecule has 0 unspecified atom stereocenters. The van der Waals surface area contributed by atoms with Gasteiger partial charge in [0, 0.05) is 18.7 Å². The average Bonchev–Trinajstić information content (AvgIpc) is 3.31. The van der Waals surface area contributed by atoms with E-state index in [1.165, 1.54) is 0 Å². The summed E-state index contributed by atoms with van der Waals surface area (Å²) < 4.78 is 22.2. The van der Waals surface area contributed by atoms with E-state index in [0.29, 0.717) is 35.1 Å². The van der Waals surface area contributed by atoms with Crippen molar-refractivity contribution in [1.29, 1.82) is 0 Å². The van der Waals surface area contributed by atoms with Crippen molar-refractivity contribution in [2.45, 2.75) is 58.2 Å². The normalized spacial score (nSPS) is 13.9. The van der Waals surface area contributed by atoms with Gasteiger partial charge in [-0.2, -0.15) is 0 Å². The van der Waals surface area contributed by atoms with Gasteiger partial charge in [-0.25, -0.2) is 0 Å². The first-order valence-corrected chi connectivity index (χ1v) is 10.8. The Bertz CT molecular complexity index is 889. The molecule has 0 atom stereocenters. The highest BCUT2D eigenvalue weighted by Gasteiger charge is 2.29. The van der Waals surface area contributed by atoms with E-state index in [2.05, 4.69) is 0 Å². The second-order valence-electron chi connectivity index (χ2n) is 8.09. The lowest BCUT2D eigenvalue weighted by Gasteiger charge is -2.30. The standard InChI is InChI=1S/C25H33NO5/c1-17(2)31-24-14-18(10-13-22(24)29-4)16-26(19-8-6-7-9-19)25(27)21-12-11-20(28-3)15-23(21)30-5/h10-15,17,19H,6-9,16H2,1-5H3. The zero-order valence-corrected chi connectivity index (χ0v) is 19.1. The number of rotatable bonds is 9. The van der Waals surface area contributed by atoms with Crippen LogP contribution in [-0.4, -0.2) is 44.3 Å². The van der Waals surface area contributed by atoms with E-state index in [1.54, 1.807) is 39.5 Å². The van der Waals surface area contributed by atoms with Crippen molar-refractivity contribution >= 4 is 5.91 Å². The first-order chi connectivity index (χ1) is 15.0. The minimum absolute atomic E-state index is 0.0280. The molecule has 2 aromatic carbocycles. The number of ether oxygens (including phenoxy) is 4. The maximum absolute atomic E-state index is 13.7. The number of carbonyl (C=O) groups excluding carboxylic acids is 1. The average molecular weight is 428 g/mol. The Morgan fingerprint density at radius 3 is 2.26 bits per heavy atom. The lowest BCUT2D eigenvalue weighted by atomic mass is 10.1. The molecule has 0 radical (unpaired) electrons. The monoisotopic (exact) mass is 427 g/mol. The van der Waals surface area contributed by atoms with Gasteiger partial charge in [0.1, 0.15) is 11.5 Å². The SMILES string of the molecule is COc1ccc(C(=O)N(Cc2ccc(OC)c(OC(C)C)c2)C2CCCC2)c(OC)c1. The summed E-state index contributed by atoms with van der Waals surface area (Å²) in [6, 6.07) is 11.4. The predicted molar refractivity (Wildman–Crippen MR) is 120 cm³/mol. The molecular formula is C25H33NO5. The molecule has 0 aromatic heterocycles. The fourth-order valence-electron chi connectivity index (χ4n) is 4.07. The smallest absolute Gasteiger partial charge is 0.258 e. The highest BCUT2D eigenvalue weighted by atomic mass is 16.5. The molecule has 0 aliphatic heterocycles. The van der Waals surface area contributed by atoms with Crippen molar-refractivity contribution in [3.05, 3.63) is 47.5 Å². The highest BCUT2D eigenvalue weighted by Crippen LogP contribution is 2.33. The third-order valence-electron chi connectivity index (χ3n) is 5.61. The number of benzene rings is 2. The summed E-state index contributed by atoms with van der Waals surface area (Å²) in [5.41, 5.74) is 1.55. The first kappa shape index (κ1) is 22.8. The zero-order valence-electron chi connectivity index (χ0n) is 19.1. The van der Waals surface area contributed by atoms with Crippen LogP contribution >= 0.6 is 0 Å². The van der Waals surface area contributed by atoms with Crippen LogP contribution in [0.4, 0.5) is 0 Å². The lowest BCUT2D eigenvalue weighted by molar-refractivity contribution is 0.0660. The molecule has 1 aliphatic carbocycles. The molecule has 0 bridgehead atoms. The van der Waals surface area contributed by atoms with Gasteiger partial charge in [0.15, 0.2) is 11.5 Å². The molecule has 1 saturated carbocycles. The van der Waals surface area contributed by atoms with Gasteiger partial charge in [-0.3, -0.25) is 4.79 Å². The molecule has 168 valence electrons. The largest absolute Gasteiger partial charge is 0.497 e. The van der Waals surface area contributed by atoms with Crippen LogP contribution in [0.25, 0.3) is 0 Å². The molecule has 0 N–H and O–H groups in total. The molecular weight excluding hydrogens is 394 g/mol. The van der Waals surface area contributed by atoms with Gasteiger partial charge < -0.3 is 23.8 Å². The summed E-state index contributed by atoms with van der Waals surface area (Å²) in [5, 5.41) is 0. The summed E-state index contributed by atoms with van der Waals surface area (Å²) in [6.07, 6.45) is 4.32. The maximum Gasteiger partial charge on any atom is 0.258 e. The highest BCUT2D eigenvalue weighted by molar-refractivity contribution is 5.97. The molecule has 0 saturated heterocycles. The summed E-state index contributed by atoms with van der Waals surface area (Å²) in [5.74, 6) is 2.52. The van der Waals surface area contributed by atoms with E-state index in [0.717, 1.165) is 31.2 Å². The number of carbonyl (C=O) groups is 1. The summed E-state index contributed by atoms with van der Waals surface area (Å²) in [4.78, 5) is 15.6. The first-order valence-electron chi connectivity index (χ1n) is 10.8. The zero-order chi connectivity index (χ0) is 22.4. The quantitative estimate of drug-likeness (QED) is 0.558. The minimum atomic E-state index is -0.0338. The summed E-state index contributed by atoms with van der Waals surface area (Å²) >= 11 is 0. The van der Waals surface area contributed by atoms with Gasteiger partial charge >= 0.3 is 0 Å². The molecule has 1 aliphatic rings. The number of nitrogens with zero attached hydrogens (tertiary/aromatic N) is 1. The molecule has 31 heavy (non-hydrogen) atoms. The van der Waals surface area contributed by atoms with E-state index in [9.17, 15) is 4.79 Å². The Hall–Kier alpha value is -2.89. The van der Waals surface area contributed by atoms with E-state index in [1.807, 2.05) is 36.9 Å². The molecule has 3 rings (SSSR count). The summed E-state index contributed by atoms with van der Waals surface area (Å²) in [7, 11) is 4.80. The van der Waals surface area contributed by atoms with Crippen LogP contribution in [0.2, 0.25) is 0 Å². The Balaban J connectivity index is 1.93. The fraction of sp³-hybridized carbons (Fsp3) is 0.480. The van der Waals surface area contributed by atoms with Gasteiger partial charge in [0.2, 0.25) is 0 Å². The van der Waals surface area contributed by atoms with Gasteiger partial charge in [0.25, 0.3) is 5.91 Å². The van der Waals surface area contributed by atoms with Crippen LogP contribution in [0.15, 0.2) is 36.4 Å². The lowest BCUT2D eigenvalue weighted by Crippen LogP contribution is -2.38. The Morgan fingerprint density at radius 2 is 1.65 bits per heavy atom. The van der Waals surface area contributed by atoms with E-state index in [4.69, 9.17) is 18.9 Å². The predicted octanol–water partition coefficient (Wildman–Crippen LogP) is 5.08. The van der Waals surface area contributed by atoms with Gasteiger partial charge in [-0.1, -0.05) is 18.9 Å². The van der Waals surface area contributed by atoms with Crippen LogP contribution in [0, 0.1) is 0 Å². The molecule has 0 heterocycles. The van der Waals surface area contributed by atoms with Crippen LogP contribution in [0.5, 0.6) is 23.0 Å². The van der Waals surface area contributed by atoms with Crippen molar-refractivity contribution in [1.82, 2.24) is 4.90 Å². The molecule has 1 fully saturated rings. The van der Waals surface area contributed by atoms with Crippen LogP contribution in [0.3, 0.4) is 0 Å². The summed E-state index contributed by atoms with van der Waals surface area (Å²) in [6.45, 7) is 4.46. The van der Waals surface area contributed by atoms with Gasteiger partial charge in [-0.15, -0.1) is 0 Å². The minimum Gasteiger partial charge on any atom is -0.497 e. The fourth-order valence-corrected chi connectivity index (χ4v) is 4.07. The van der Waals surface area contributed by atoms with Crippen LogP contribution < -0.4 is 18.9 Å². The third kappa shape index (κ3) is 5.43. The molecule has 1 amide bonds. The topological polar surface area (TPSA) is 57.2 Å². The third-order valence-corrected chi connectivity index (χ3v) is 5.61. The molecule has 6 heteroatoms. The second kappa shape index (κ2) is 10.4. The number of hydrogen-bond acceptors (Lipinski definition) is 5. The van der Waals surface area contributed by atoms with Crippen LogP contribution in [-0.2, 0) is 6.54 Å². The molecule has 6 nitrogen and oxygen atoms in total. The maximum atomic E-state index is 13.7. The number of hydrogen-bond donors (Lipinski definition) is 0. The van der Waals surface area contributed by atoms with Crippen molar-refractivity contribution in [2.24, 2.45) is 0 Å². The van der Waals surface area contributed by atoms with Gasteiger partial charge in [0.05, 0.1) is 33.0 Å². The van der Waals surface area contributed by atoms with Gasteiger partial charge in [-0.05, 0) is 56.5 Å². The van der Waals surface area contributed by atoms with E-state index in [-0.39, 0.29) is 18.1 Å². The Labute approximate surface area is 185 Å². The van der Waals surface area contributed by atoms with Crippen LogP contribution in [0.1, 0.15) is 55.5 Å². The Morgan fingerprint density at radius 1 is 0.935 bits per heavy atom. The van der Waals surface area contributed by atoms with E-state index < -0.39 is 0 Å². The number of amides is 1. The van der Waals surface area contributed by atoms with Crippen molar-refractivity contribution in [3.63, 3.8) is 0 Å². The second-order valence-corrected chi connectivity index (χ2v) is 8.09. The molecule has 2 aromatic rings. The van der Waals surface area contributed by atoms with Crippen molar-refractivity contribution in [2.75, 3.05) is 21.3 Å². The van der Waals surface area contributed by atoms with E-state index >= 15 is 0 Å². The van der Waals surface area contributed by atoms with Crippen molar-refractivity contribution in [3.8, 4) is 23.0 Å². The van der Waals surface area contributed by atoms with Crippen molar-refractivity contribution < 1.29 is 23.7 Å². The Kier molecular flexibility index (Phi) is 7.66. The number of methoxy groups -OCH3 is 3. The molecule has 0 spiro atoms.